The van der Waals surface area contributed by atoms with Gasteiger partial charge in [-0.05, 0) is 36.1 Å². The Morgan fingerprint density at radius 3 is 2.04 bits per heavy atom. The van der Waals surface area contributed by atoms with E-state index in [-0.39, 0.29) is 22.8 Å². The van der Waals surface area contributed by atoms with Crippen LogP contribution in [0.25, 0.3) is 0 Å². The maximum Gasteiger partial charge on any atom is 0.243 e. The molecule has 2 rings (SSSR count). The summed E-state index contributed by atoms with van der Waals surface area (Å²) in [7, 11) is -3.47. The van der Waals surface area contributed by atoms with Crippen LogP contribution in [0.5, 0.6) is 0 Å². The third-order valence-corrected chi connectivity index (χ3v) is 7.03. The Kier molecular flexibility index (Phi) is 7.78. The molecule has 152 valence electrons. The SMILES string of the molecule is CCN(CC)S(=O)(=O)c1ccc(C(C)NC(=O)CC(C)c2ccccc2)cc1. The summed E-state index contributed by atoms with van der Waals surface area (Å²) in [4.78, 5) is 12.7. The standard InChI is InChI=1S/C22H30N2O3S/c1-5-24(6-2)28(26,27)21-14-12-20(13-15-21)18(4)23-22(25)16-17(3)19-10-8-7-9-11-19/h7-15,17-18H,5-6,16H2,1-4H3,(H,23,25). The number of amides is 1. The normalized spacial score (nSPS) is 13.9. The summed E-state index contributed by atoms with van der Waals surface area (Å²) in [5.41, 5.74) is 2.01. The number of hydrogen-bond acceptors (Lipinski definition) is 3. The van der Waals surface area contributed by atoms with Crippen LogP contribution in [-0.4, -0.2) is 31.7 Å². The number of nitrogens with one attached hydrogen (secondary N) is 1. The van der Waals surface area contributed by atoms with Crippen molar-refractivity contribution >= 4 is 15.9 Å². The summed E-state index contributed by atoms with van der Waals surface area (Å²) in [6, 6.07) is 16.5. The summed E-state index contributed by atoms with van der Waals surface area (Å²) < 4.78 is 26.6. The van der Waals surface area contributed by atoms with Gasteiger partial charge in [-0.1, -0.05) is 63.2 Å². The molecule has 2 unspecified atom stereocenters. The monoisotopic (exact) mass is 402 g/mol. The van der Waals surface area contributed by atoms with Crippen LogP contribution < -0.4 is 5.32 Å². The molecule has 0 aliphatic heterocycles. The van der Waals surface area contributed by atoms with Crippen LogP contribution in [0, 0.1) is 0 Å². The van der Waals surface area contributed by atoms with Crippen LogP contribution in [0.15, 0.2) is 59.5 Å². The average molecular weight is 403 g/mol. The predicted molar refractivity (Wildman–Crippen MR) is 113 cm³/mol. The van der Waals surface area contributed by atoms with Gasteiger partial charge >= 0.3 is 0 Å². The van der Waals surface area contributed by atoms with Gasteiger partial charge in [0.15, 0.2) is 0 Å². The van der Waals surface area contributed by atoms with Crippen molar-refractivity contribution < 1.29 is 13.2 Å². The fourth-order valence-corrected chi connectivity index (χ4v) is 4.66. The van der Waals surface area contributed by atoms with Gasteiger partial charge in [0.05, 0.1) is 10.9 Å². The number of hydrogen-bond donors (Lipinski definition) is 1. The second-order valence-corrected chi connectivity index (χ2v) is 8.90. The third-order valence-electron chi connectivity index (χ3n) is 4.96. The van der Waals surface area contributed by atoms with Crippen LogP contribution in [0.3, 0.4) is 0 Å². The van der Waals surface area contributed by atoms with Gasteiger partial charge in [0.1, 0.15) is 0 Å². The molecule has 0 aliphatic rings. The molecule has 28 heavy (non-hydrogen) atoms. The number of carbonyl (C=O) groups excluding carboxylic acids is 1. The van der Waals surface area contributed by atoms with Crippen LogP contribution in [0.2, 0.25) is 0 Å². The molecule has 0 fully saturated rings. The maximum atomic E-state index is 12.6. The zero-order chi connectivity index (χ0) is 20.7. The average Bonchev–Trinajstić information content (AvgIpc) is 2.69. The lowest BCUT2D eigenvalue weighted by Gasteiger charge is -2.20. The van der Waals surface area contributed by atoms with Crippen molar-refractivity contribution in [3.05, 3.63) is 65.7 Å². The second kappa shape index (κ2) is 9.85. The zero-order valence-electron chi connectivity index (χ0n) is 17.1. The summed E-state index contributed by atoms with van der Waals surface area (Å²) in [6.07, 6.45) is 0.406. The Bertz CT molecular complexity index is 860. The van der Waals surface area contributed by atoms with Crippen LogP contribution in [-0.2, 0) is 14.8 Å². The highest BCUT2D eigenvalue weighted by atomic mass is 32.2. The van der Waals surface area contributed by atoms with Crippen molar-refractivity contribution in [2.24, 2.45) is 0 Å². The molecule has 6 heteroatoms. The van der Waals surface area contributed by atoms with E-state index in [1.165, 1.54) is 4.31 Å². The molecule has 0 aliphatic carbocycles. The molecule has 0 radical (unpaired) electrons. The molecule has 0 saturated carbocycles. The molecule has 0 spiro atoms. The minimum Gasteiger partial charge on any atom is -0.350 e. The van der Waals surface area contributed by atoms with Crippen molar-refractivity contribution in [1.82, 2.24) is 9.62 Å². The fourth-order valence-electron chi connectivity index (χ4n) is 3.20. The van der Waals surface area contributed by atoms with E-state index in [2.05, 4.69) is 5.32 Å². The Hall–Kier alpha value is -2.18. The first-order valence-electron chi connectivity index (χ1n) is 9.74. The molecular weight excluding hydrogens is 372 g/mol. The van der Waals surface area contributed by atoms with Gasteiger partial charge in [-0.3, -0.25) is 4.79 Å². The van der Waals surface area contributed by atoms with Crippen LogP contribution in [0.1, 0.15) is 57.2 Å². The quantitative estimate of drug-likeness (QED) is 0.687. The van der Waals surface area contributed by atoms with Crippen LogP contribution in [0.4, 0.5) is 0 Å². The molecule has 5 nitrogen and oxygen atoms in total. The Balaban J connectivity index is 2.01. The van der Waals surface area contributed by atoms with Gasteiger partial charge in [-0.25, -0.2) is 8.42 Å². The van der Waals surface area contributed by atoms with Crippen molar-refractivity contribution in [1.29, 1.82) is 0 Å². The number of nitrogens with zero attached hydrogens (tertiary/aromatic N) is 1. The van der Waals surface area contributed by atoms with Crippen molar-refractivity contribution in [3.8, 4) is 0 Å². The Morgan fingerprint density at radius 2 is 1.50 bits per heavy atom. The molecule has 0 bridgehead atoms. The minimum atomic E-state index is -3.47. The molecule has 1 N–H and O–H groups in total. The molecule has 2 aromatic carbocycles. The van der Waals surface area contributed by atoms with E-state index in [4.69, 9.17) is 0 Å². The summed E-state index contributed by atoms with van der Waals surface area (Å²) in [5.74, 6) is 0.110. The second-order valence-electron chi connectivity index (χ2n) is 6.96. The Morgan fingerprint density at radius 1 is 0.929 bits per heavy atom. The highest BCUT2D eigenvalue weighted by Crippen LogP contribution is 2.21. The fraction of sp³-hybridized carbons (Fsp3) is 0.409. The van der Waals surface area contributed by atoms with Gasteiger partial charge in [-0.15, -0.1) is 0 Å². The summed E-state index contributed by atoms with van der Waals surface area (Å²) >= 11 is 0. The molecule has 2 aromatic rings. The van der Waals surface area contributed by atoms with E-state index in [0.29, 0.717) is 19.5 Å². The van der Waals surface area contributed by atoms with E-state index >= 15 is 0 Å². The molecule has 0 heterocycles. The largest absolute Gasteiger partial charge is 0.350 e. The van der Waals surface area contributed by atoms with E-state index in [9.17, 15) is 13.2 Å². The lowest BCUT2D eigenvalue weighted by Crippen LogP contribution is -2.30. The first-order chi connectivity index (χ1) is 13.3. The van der Waals surface area contributed by atoms with Gasteiger partial charge in [0.2, 0.25) is 15.9 Å². The first kappa shape index (κ1) is 22.1. The highest BCUT2D eigenvalue weighted by molar-refractivity contribution is 7.89. The van der Waals surface area contributed by atoms with Gasteiger partial charge < -0.3 is 5.32 Å². The number of carbonyl (C=O) groups is 1. The Labute approximate surface area is 168 Å². The molecular formula is C22H30N2O3S. The van der Waals surface area contributed by atoms with E-state index in [0.717, 1.165) is 11.1 Å². The third kappa shape index (κ3) is 5.42. The number of benzene rings is 2. The van der Waals surface area contributed by atoms with E-state index in [1.807, 2.05) is 58.0 Å². The van der Waals surface area contributed by atoms with Crippen LogP contribution >= 0.6 is 0 Å². The highest BCUT2D eigenvalue weighted by Gasteiger charge is 2.22. The van der Waals surface area contributed by atoms with Crippen molar-refractivity contribution in [3.63, 3.8) is 0 Å². The van der Waals surface area contributed by atoms with Crippen molar-refractivity contribution in [2.45, 2.75) is 51.0 Å². The lowest BCUT2D eigenvalue weighted by molar-refractivity contribution is -0.122. The minimum absolute atomic E-state index is 0.0244. The van der Waals surface area contributed by atoms with Crippen molar-refractivity contribution in [2.75, 3.05) is 13.1 Å². The number of rotatable bonds is 9. The smallest absolute Gasteiger partial charge is 0.243 e. The molecule has 2 atom stereocenters. The number of sulfonamides is 1. The maximum absolute atomic E-state index is 12.6. The topological polar surface area (TPSA) is 66.5 Å². The summed E-state index contributed by atoms with van der Waals surface area (Å²) in [5, 5.41) is 3.00. The van der Waals surface area contributed by atoms with E-state index in [1.54, 1.807) is 24.3 Å². The van der Waals surface area contributed by atoms with Gasteiger partial charge in [-0.2, -0.15) is 4.31 Å². The zero-order valence-corrected chi connectivity index (χ0v) is 17.9. The van der Waals surface area contributed by atoms with Gasteiger partial charge in [0, 0.05) is 19.5 Å². The van der Waals surface area contributed by atoms with Gasteiger partial charge in [0.25, 0.3) is 0 Å². The first-order valence-corrected chi connectivity index (χ1v) is 11.2. The molecule has 0 aromatic heterocycles. The lowest BCUT2D eigenvalue weighted by atomic mass is 9.97. The van der Waals surface area contributed by atoms with E-state index < -0.39 is 10.0 Å². The molecule has 0 saturated heterocycles. The summed E-state index contributed by atoms with van der Waals surface area (Å²) in [6.45, 7) is 8.46. The molecule has 1 amide bonds. The predicted octanol–water partition coefficient (Wildman–Crippen LogP) is 4.09.